The van der Waals surface area contributed by atoms with Crippen molar-refractivity contribution in [3.63, 3.8) is 0 Å². The molecule has 0 bridgehead atoms. The summed E-state index contributed by atoms with van der Waals surface area (Å²) in [7, 11) is 3.25. The summed E-state index contributed by atoms with van der Waals surface area (Å²) in [4.78, 5) is 16.7. The van der Waals surface area contributed by atoms with Gasteiger partial charge in [-0.3, -0.25) is 9.69 Å². The fourth-order valence-electron chi connectivity index (χ4n) is 3.19. The van der Waals surface area contributed by atoms with Crippen LogP contribution >= 0.6 is 0 Å². The molecule has 6 heteroatoms. The van der Waals surface area contributed by atoms with Crippen LogP contribution in [0.1, 0.15) is 26.3 Å². The van der Waals surface area contributed by atoms with Crippen LogP contribution in [0.5, 0.6) is 11.5 Å². The van der Waals surface area contributed by atoms with Crippen molar-refractivity contribution in [3.05, 3.63) is 23.8 Å². The van der Waals surface area contributed by atoms with Crippen LogP contribution in [-0.2, 0) is 16.1 Å². The number of carbonyl (C=O) groups is 1. The first-order valence-electron chi connectivity index (χ1n) is 8.83. The van der Waals surface area contributed by atoms with Gasteiger partial charge in [0.2, 0.25) is 5.91 Å². The highest BCUT2D eigenvalue weighted by molar-refractivity contribution is 5.78. The average molecular weight is 350 g/mol. The van der Waals surface area contributed by atoms with Gasteiger partial charge in [0, 0.05) is 19.6 Å². The predicted molar refractivity (Wildman–Crippen MR) is 97.1 cm³/mol. The zero-order valence-electron chi connectivity index (χ0n) is 15.9. The van der Waals surface area contributed by atoms with Gasteiger partial charge in [-0.1, -0.05) is 13.0 Å². The highest BCUT2D eigenvalue weighted by Crippen LogP contribution is 2.28. The van der Waals surface area contributed by atoms with E-state index >= 15 is 0 Å². The fourth-order valence-corrected chi connectivity index (χ4v) is 3.19. The minimum Gasteiger partial charge on any atom is -0.493 e. The standard InChI is InChI=1S/C19H30N2O4/c1-6-20(12-16-7-8-17(23-4)18(9-16)24-5)13-19(22)21-10-14(2)25-15(3)11-21/h7-9,14-15H,6,10-13H2,1-5H3. The van der Waals surface area contributed by atoms with E-state index in [-0.39, 0.29) is 18.1 Å². The molecule has 0 spiro atoms. The average Bonchev–Trinajstić information content (AvgIpc) is 2.59. The van der Waals surface area contributed by atoms with Crippen molar-refractivity contribution >= 4 is 5.91 Å². The Morgan fingerprint density at radius 1 is 1.20 bits per heavy atom. The van der Waals surface area contributed by atoms with Crippen LogP contribution in [0, 0.1) is 0 Å². The number of amides is 1. The third-order valence-corrected chi connectivity index (χ3v) is 4.43. The van der Waals surface area contributed by atoms with Gasteiger partial charge in [-0.25, -0.2) is 0 Å². The van der Waals surface area contributed by atoms with Gasteiger partial charge >= 0.3 is 0 Å². The Balaban J connectivity index is 1.99. The van der Waals surface area contributed by atoms with E-state index in [1.165, 1.54) is 0 Å². The van der Waals surface area contributed by atoms with Gasteiger partial charge in [-0.05, 0) is 38.1 Å². The fraction of sp³-hybridized carbons (Fsp3) is 0.632. The Kier molecular flexibility index (Phi) is 7.08. The molecular formula is C19H30N2O4. The van der Waals surface area contributed by atoms with Crippen molar-refractivity contribution in [1.82, 2.24) is 9.80 Å². The van der Waals surface area contributed by atoms with Crippen LogP contribution in [0.2, 0.25) is 0 Å². The summed E-state index contributed by atoms with van der Waals surface area (Å²) < 4.78 is 16.3. The lowest BCUT2D eigenvalue weighted by Crippen LogP contribution is -2.51. The normalized spacial score (nSPS) is 20.6. The summed E-state index contributed by atoms with van der Waals surface area (Å²) in [6.07, 6.45) is 0.183. The van der Waals surface area contributed by atoms with Gasteiger partial charge in [0.15, 0.2) is 11.5 Å². The smallest absolute Gasteiger partial charge is 0.236 e. The van der Waals surface area contributed by atoms with E-state index in [1.807, 2.05) is 36.9 Å². The molecule has 25 heavy (non-hydrogen) atoms. The molecule has 0 N–H and O–H groups in total. The lowest BCUT2D eigenvalue weighted by atomic mass is 10.1. The van der Waals surface area contributed by atoms with Crippen LogP contribution in [0.25, 0.3) is 0 Å². The van der Waals surface area contributed by atoms with Crippen LogP contribution < -0.4 is 9.47 Å². The van der Waals surface area contributed by atoms with Crippen molar-refractivity contribution in [2.75, 3.05) is 40.4 Å². The number of rotatable bonds is 7. The first-order valence-corrected chi connectivity index (χ1v) is 8.83. The molecule has 1 amide bonds. The number of nitrogens with zero attached hydrogens (tertiary/aromatic N) is 2. The van der Waals surface area contributed by atoms with Crippen molar-refractivity contribution in [2.24, 2.45) is 0 Å². The Morgan fingerprint density at radius 2 is 1.84 bits per heavy atom. The molecule has 1 aromatic rings. The monoisotopic (exact) mass is 350 g/mol. The van der Waals surface area contributed by atoms with E-state index in [1.54, 1.807) is 14.2 Å². The second-order valence-corrected chi connectivity index (χ2v) is 6.55. The van der Waals surface area contributed by atoms with Crippen LogP contribution in [-0.4, -0.2) is 68.3 Å². The van der Waals surface area contributed by atoms with Crippen molar-refractivity contribution in [2.45, 2.75) is 39.5 Å². The SMILES string of the molecule is CCN(CC(=O)N1CC(C)OC(C)C1)Cc1ccc(OC)c(OC)c1. The summed E-state index contributed by atoms with van der Waals surface area (Å²) in [5.74, 6) is 1.57. The molecule has 2 atom stereocenters. The lowest BCUT2D eigenvalue weighted by Gasteiger charge is -2.36. The number of likely N-dealkylation sites (N-methyl/N-ethyl adjacent to an activating group) is 1. The van der Waals surface area contributed by atoms with Gasteiger partial charge in [-0.15, -0.1) is 0 Å². The van der Waals surface area contributed by atoms with Crippen molar-refractivity contribution in [1.29, 1.82) is 0 Å². The zero-order valence-corrected chi connectivity index (χ0v) is 15.9. The van der Waals surface area contributed by atoms with Crippen LogP contribution in [0.3, 0.4) is 0 Å². The van der Waals surface area contributed by atoms with E-state index in [4.69, 9.17) is 14.2 Å². The maximum absolute atomic E-state index is 12.7. The van der Waals surface area contributed by atoms with E-state index < -0.39 is 0 Å². The molecule has 140 valence electrons. The lowest BCUT2D eigenvalue weighted by molar-refractivity contribution is -0.144. The Bertz CT molecular complexity index is 569. The summed E-state index contributed by atoms with van der Waals surface area (Å²) in [6, 6.07) is 5.87. The maximum atomic E-state index is 12.7. The van der Waals surface area contributed by atoms with E-state index in [0.29, 0.717) is 37.7 Å². The molecule has 0 saturated carbocycles. The van der Waals surface area contributed by atoms with Gasteiger partial charge in [0.05, 0.1) is 33.0 Å². The van der Waals surface area contributed by atoms with Gasteiger partial charge in [0.1, 0.15) is 0 Å². The molecule has 6 nitrogen and oxygen atoms in total. The Morgan fingerprint density at radius 3 is 2.40 bits per heavy atom. The zero-order chi connectivity index (χ0) is 18.4. The summed E-state index contributed by atoms with van der Waals surface area (Å²) in [6.45, 7) is 9.32. The van der Waals surface area contributed by atoms with Crippen molar-refractivity contribution in [3.8, 4) is 11.5 Å². The molecule has 1 fully saturated rings. The number of ether oxygens (including phenoxy) is 3. The summed E-state index contributed by atoms with van der Waals surface area (Å²) in [5.41, 5.74) is 1.09. The van der Waals surface area contributed by atoms with Gasteiger partial charge < -0.3 is 19.1 Å². The predicted octanol–water partition coefficient (Wildman–Crippen LogP) is 2.16. The minimum absolute atomic E-state index is 0.0913. The van der Waals surface area contributed by atoms with Crippen LogP contribution in [0.15, 0.2) is 18.2 Å². The van der Waals surface area contributed by atoms with E-state index in [9.17, 15) is 4.79 Å². The Hall–Kier alpha value is -1.79. The minimum atomic E-state index is 0.0913. The highest BCUT2D eigenvalue weighted by Gasteiger charge is 2.26. The van der Waals surface area contributed by atoms with Gasteiger partial charge in [-0.2, -0.15) is 0 Å². The molecule has 1 aromatic carbocycles. The maximum Gasteiger partial charge on any atom is 0.236 e. The molecule has 0 radical (unpaired) electrons. The highest BCUT2D eigenvalue weighted by atomic mass is 16.5. The molecule has 1 aliphatic rings. The number of benzene rings is 1. The first kappa shape index (κ1) is 19.5. The quantitative estimate of drug-likeness (QED) is 0.754. The van der Waals surface area contributed by atoms with Gasteiger partial charge in [0.25, 0.3) is 0 Å². The molecule has 2 rings (SSSR count). The summed E-state index contributed by atoms with van der Waals surface area (Å²) >= 11 is 0. The summed E-state index contributed by atoms with van der Waals surface area (Å²) in [5, 5.41) is 0. The number of methoxy groups -OCH3 is 2. The van der Waals surface area contributed by atoms with E-state index in [0.717, 1.165) is 12.1 Å². The third-order valence-electron chi connectivity index (χ3n) is 4.43. The largest absolute Gasteiger partial charge is 0.493 e. The third kappa shape index (κ3) is 5.34. The second kappa shape index (κ2) is 9.06. The molecule has 1 saturated heterocycles. The molecule has 2 unspecified atom stereocenters. The molecular weight excluding hydrogens is 320 g/mol. The first-order chi connectivity index (χ1) is 12.0. The van der Waals surface area contributed by atoms with E-state index in [2.05, 4.69) is 11.8 Å². The topological polar surface area (TPSA) is 51.2 Å². The molecule has 0 aliphatic carbocycles. The Labute approximate surface area is 150 Å². The molecule has 1 aliphatic heterocycles. The number of hydrogen-bond donors (Lipinski definition) is 0. The van der Waals surface area contributed by atoms with Crippen molar-refractivity contribution < 1.29 is 19.0 Å². The molecule has 0 aromatic heterocycles. The van der Waals surface area contributed by atoms with Crippen LogP contribution in [0.4, 0.5) is 0 Å². The molecule has 1 heterocycles. The number of morpholine rings is 1. The number of carbonyl (C=O) groups excluding carboxylic acids is 1. The second-order valence-electron chi connectivity index (χ2n) is 6.55. The number of hydrogen-bond acceptors (Lipinski definition) is 5.